The van der Waals surface area contributed by atoms with Crippen molar-refractivity contribution in [3.05, 3.63) is 53.1 Å². The molecule has 0 aliphatic carbocycles. The number of halogens is 1. The van der Waals surface area contributed by atoms with Crippen LogP contribution in [0.3, 0.4) is 0 Å². The third-order valence-electron chi connectivity index (χ3n) is 4.85. The molecule has 0 N–H and O–H groups in total. The molecule has 1 aromatic heterocycles. The predicted molar refractivity (Wildman–Crippen MR) is 124 cm³/mol. The number of hydrogen-bond donors (Lipinski definition) is 0. The molecule has 2 aromatic carbocycles. The number of aryl methyl sites for hydroxylation is 2. The van der Waals surface area contributed by atoms with Gasteiger partial charge in [-0.2, -0.15) is 0 Å². The van der Waals surface area contributed by atoms with E-state index in [2.05, 4.69) is 30.9 Å². The van der Waals surface area contributed by atoms with Gasteiger partial charge in [0.15, 0.2) is 5.13 Å². The van der Waals surface area contributed by atoms with E-state index in [0.29, 0.717) is 17.9 Å². The Morgan fingerprint density at radius 2 is 1.90 bits per heavy atom. The van der Waals surface area contributed by atoms with Crippen LogP contribution >= 0.6 is 23.7 Å². The first-order valence-corrected chi connectivity index (χ1v) is 10.2. The highest BCUT2D eigenvalue weighted by Gasteiger charge is 2.22. The minimum atomic E-state index is -0.0499. The largest absolute Gasteiger partial charge is 0.497 e. The van der Waals surface area contributed by atoms with E-state index in [4.69, 9.17) is 9.72 Å². The summed E-state index contributed by atoms with van der Waals surface area (Å²) >= 11 is 1.57. The lowest BCUT2D eigenvalue weighted by Crippen LogP contribution is -2.33. The number of ether oxygens (including phenoxy) is 1. The molecule has 156 valence electrons. The Balaban J connectivity index is 0.00000300. The molecular weight excluding hydrogens is 406 g/mol. The van der Waals surface area contributed by atoms with Crippen LogP contribution < -0.4 is 9.64 Å². The maximum atomic E-state index is 13.3. The van der Waals surface area contributed by atoms with Gasteiger partial charge in [0.1, 0.15) is 5.75 Å². The van der Waals surface area contributed by atoms with Gasteiger partial charge in [0.25, 0.3) is 5.91 Å². The second-order valence-electron chi connectivity index (χ2n) is 7.20. The van der Waals surface area contributed by atoms with Gasteiger partial charge in [-0.1, -0.05) is 23.5 Å². The van der Waals surface area contributed by atoms with Gasteiger partial charge >= 0.3 is 0 Å². The third-order valence-corrected chi connectivity index (χ3v) is 5.90. The van der Waals surface area contributed by atoms with Gasteiger partial charge in [-0.05, 0) is 76.3 Å². The number of carbonyl (C=O) groups is 1. The summed E-state index contributed by atoms with van der Waals surface area (Å²) in [6, 6.07) is 11.5. The van der Waals surface area contributed by atoms with E-state index < -0.39 is 0 Å². The van der Waals surface area contributed by atoms with Crippen LogP contribution in [-0.2, 0) is 0 Å². The summed E-state index contributed by atoms with van der Waals surface area (Å²) in [5.41, 5.74) is 3.97. The molecule has 0 fully saturated rings. The number of anilines is 1. The zero-order chi connectivity index (χ0) is 20.3. The molecule has 0 bridgehead atoms. The Morgan fingerprint density at radius 1 is 1.14 bits per heavy atom. The number of rotatable bonds is 7. The van der Waals surface area contributed by atoms with Gasteiger partial charge in [-0.3, -0.25) is 9.69 Å². The van der Waals surface area contributed by atoms with Crippen LogP contribution in [0.2, 0.25) is 0 Å². The maximum absolute atomic E-state index is 13.3. The molecule has 1 heterocycles. The van der Waals surface area contributed by atoms with Crippen molar-refractivity contribution in [2.75, 3.05) is 39.2 Å². The van der Waals surface area contributed by atoms with Gasteiger partial charge in [0.05, 0.1) is 17.3 Å². The number of nitrogens with zero attached hydrogens (tertiary/aromatic N) is 3. The maximum Gasteiger partial charge on any atom is 0.260 e. The fraction of sp³-hybridized carbons (Fsp3) is 0.364. The molecule has 0 spiro atoms. The fourth-order valence-electron chi connectivity index (χ4n) is 3.07. The van der Waals surface area contributed by atoms with Gasteiger partial charge in [0, 0.05) is 12.1 Å². The van der Waals surface area contributed by atoms with E-state index in [-0.39, 0.29) is 18.3 Å². The van der Waals surface area contributed by atoms with Crippen molar-refractivity contribution in [3.8, 4) is 5.75 Å². The van der Waals surface area contributed by atoms with Crippen LogP contribution in [0.1, 0.15) is 27.9 Å². The van der Waals surface area contributed by atoms with Gasteiger partial charge in [0.2, 0.25) is 0 Å². The van der Waals surface area contributed by atoms with Crippen molar-refractivity contribution in [1.29, 1.82) is 0 Å². The second-order valence-corrected chi connectivity index (χ2v) is 8.21. The summed E-state index contributed by atoms with van der Waals surface area (Å²) < 4.78 is 6.40. The predicted octanol–water partition coefficient (Wildman–Crippen LogP) is 4.94. The number of methoxy groups -OCH3 is 1. The normalized spacial score (nSPS) is 10.8. The molecule has 0 saturated heterocycles. The Hall–Kier alpha value is -2.15. The van der Waals surface area contributed by atoms with Crippen molar-refractivity contribution in [1.82, 2.24) is 9.88 Å². The lowest BCUT2D eigenvalue weighted by Gasteiger charge is -2.21. The minimum Gasteiger partial charge on any atom is -0.497 e. The number of aromatic nitrogens is 1. The summed E-state index contributed by atoms with van der Waals surface area (Å²) in [4.78, 5) is 22.1. The first-order valence-electron chi connectivity index (χ1n) is 9.38. The van der Waals surface area contributed by atoms with Crippen LogP contribution in [0.15, 0.2) is 36.4 Å². The summed E-state index contributed by atoms with van der Waals surface area (Å²) in [6.45, 7) is 5.70. The highest BCUT2D eigenvalue weighted by molar-refractivity contribution is 7.22. The van der Waals surface area contributed by atoms with E-state index in [0.717, 1.165) is 28.3 Å². The SMILES string of the molecule is COc1cccc(C(=O)N(CCCN(C)C)c2nc3c(C)c(C)ccc3s2)c1.Cl. The molecule has 29 heavy (non-hydrogen) atoms. The number of carbonyl (C=O) groups excluding carboxylic acids is 1. The van der Waals surface area contributed by atoms with E-state index >= 15 is 0 Å². The number of fused-ring (bicyclic) bond motifs is 1. The van der Waals surface area contributed by atoms with Crippen molar-refractivity contribution in [3.63, 3.8) is 0 Å². The van der Waals surface area contributed by atoms with Crippen LogP contribution in [0.25, 0.3) is 10.2 Å². The first kappa shape index (κ1) is 23.1. The van der Waals surface area contributed by atoms with Crippen molar-refractivity contribution in [2.45, 2.75) is 20.3 Å². The van der Waals surface area contributed by atoms with Gasteiger partial charge in [-0.25, -0.2) is 4.98 Å². The van der Waals surface area contributed by atoms with Crippen LogP contribution in [0.4, 0.5) is 5.13 Å². The molecule has 0 aliphatic heterocycles. The molecule has 7 heteroatoms. The molecule has 3 aromatic rings. The summed E-state index contributed by atoms with van der Waals surface area (Å²) in [5.74, 6) is 0.626. The molecule has 0 saturated carbocycles. The average molecular weight is 434 g/mol. The zero-order valence-corrected chi connectivity index (χ0v) is 19.2. The second kappa shape index (κ2) is 10.1. The van der Waals surface area contributed by atoms with Crippen molar-refractivity contribution >= 4 is 45.0 Å². The van der Waals surface area contributed by atoms with Gasteiger partial charge in [-0.15, -0.1) is 12.4 Å². The quantitative estimate of drug-likeness (QED) is 0.529. The topological polar surface area (TPSA) is 45.7 Å². The Labute approximate surface area is 182 Å². The van der Waals surface area contributed by atoms with E-state index in [1.807, 2.05) is 32.3 Å². The molecule has 5 nitrogen and oxygen atoms in total. The molecule has 0 atom stereocenters. The number of benzene rings is 2. The Morgan fingerprint density at radius 3 is 2.59 bits per heavy atom. The van der Waals surface area contributed by atoms with Crippen molar-refractivity contribution < 1.29 is 9.53 Å². The first-order chi connectivity index (χ1) is 13.4. The van der Waals surface area contributed by atoms with Crippen LogP contribution in [-0.4, -0.2) is 50.1 Å². The summed E-state index contributed by atoms with van der Waals surface area (Å²) in [7, 11) is 5.69. The van der Waals surface area contributed by atoms with E-state index in [9.17, 15) is 4.79 Å². The summed E-state index contributed by atoms with van der Waals surface area (Å²) in [6.07, 6.45) is 0.872. The van der Waals surface area contributed by atoms with Crippen LogP contribution in [0.5, 0.6) is 5.75 Å². The van der Waals surface area contributed by atoms with E-state index in [1.54, 1.807) is 29.4 Å². The molecule has 0 radical (unpaired) electrons. The highest BCUT2D eigenvalue weighted by Crippen LogP contribution is 2.33. The minimum absolute atomic E-state index is 0. The lowest BCUT2D eigenvalue weighted by atomic mass is 10.1. The molecule has 0 aliphatic rings. The highest BCUT2D eigenvalue weighted by atomic mass is 35.5. The standard InChI is InChI=1S/C22H27N3O2S.ClH/c1-15-10-11-19-20(16(15)2)23-22(28-19)25(13-7-12-24(3)4)21(26)17-8-6-9-18(14-17)27-5;/h6,8-11,14H,7,12-13H2,1-5H3;1H. The average Bonchev–Trinajstić information content (AvgIpc) is 3.12. The number of hydrogen-bond acceptors (Lipinski definition) is 5. The zero-order valence-electron chi connectivity index (χ0n) is 17.6. The van der Waals surface area contributed by atoms with Gasteiger partial charge < -0.3 is 9.64 Å². The Bertz CT molecular complexity index is 987. The molecular formula is C22H28ClN3O2S. The molecule has 1 amide bonds. The monoisotopic (exact) mass is 433 g/mol. The fourth-order valence-corrected chi connectivity index (χ4v) is 4.12. The molecule has 0 unspecified atom stereocenters. The van der Waals surface area contributed by atoms with Crippen molar-refractivity contribution in [2.24, 2.45) is 0 Å². The third kappa shape index (κ3) is 5.26. The molecule has 3 rings (SSSR count). The Kier molecular flexibility index (Phi) is 8.02. The van der Waals surface area contributed by atoms with Crippen LogP contribution in [0, 0.1) is 13.8 Å². The lowest BCUT2D eigenvalue weighted by molar-refractivity contribution is 0.0985. The summed E-state index contributed by atoms with van der Waals surface area (Å²) in [5, 5.41) is 0.746. The number of amides is 1. The number of thiazole rings is 1. The van der Waals surface area contributed by atoms with E-state index in [1.165, 1.54) is 11.1 Å². The smallest absolute Gasteiger partial charge is 0.260 e.